The van der Waals surface area contributed by atoms with Crippen LogP contribution < -0.4 is 10.0 Å². The summed E-state index contributed by atoms with van der Waals surface area (Å²) in [4.78, 5) is 11.9. The van der Waals surface area contributed by atoms with Crippen LogP contribution in [0.5, 0.6) is 0 Å². The highest BCUT2D eigenvalue weighted by atomic mass is 35.5. The number of rotatable bonds is 5. The Morgan fingerprint density at radius 3 is 2.53 bits per heavy atom. The van der Waals surface area contributed by atoms with Gasteiger partial charge in [-0.1, -0.05) is 48.0 Å². The highest BCUT2D eigenvalue weighted by Gasteiger charge is 2.57. The van der Waals surface area contributed by atoms with Gasteiger partial charge < -0.3 is 0 Å². The molecule has 2 atom stereocenters. The fourth-order valence-electron chi connectivity index (χ4n) is 3.80. The van der Waals surface area contributed by atoms with Crippen LogP contribution in [-0.4, -0.2) is 29.0 Å². The number of anilines is 1. The molecule has 0 saturated carbocycles. The van der Waals surface area contributed by atoms with E-state index in [1.807, 2.05) is 18.2 Å². The van der Waals surface area contributed by atoms with E-state index in [0.29, 0.717) is 12.1 Å². The molecule has 164 valence electrons. The molecule has 2 aromatic rings. The Labute approximate surface area is 188 Å². The van der Waals surface area contributed by atoms with Crippen molar-refractivity contribution in [3.05, 3.63) is 84.0 Å². The van der Waals surface area contributed by atoms with Gasteiger partial charge in [-0.25, -0.2) is 4.79 Å². The summed E-state index contributed by atoms with van der Waals surface area (Å²) in [5.74, 6) is -0.118. The van der Waals surface area contributed by atoms with Gasteiger partial charge in [-0.3, -0.25) is 5.43 Å². The maximum absolute atomic E-state index is 13.1. The number of nitriles is 1. The minimum Gasteiger partial charge on any atom is -0.274 e. The van der Waals surface area contributed by atoms with E-state index in [1.54, 1.807) is 41.5 Å². The van der Waals surface area contributed by atoms with Crippen molar-refractivity contribution in [1.82, 2.24) is 9.71 Å². The zero-order valence-corrected chi connectivity index (χ0v) is 17.6. The highest BCUT2D eigenvalue weighted by molar-refractivity contribution is 6.27. The smallest absolute Gasteiger partial charge is 0.274 e. The SMILES string of the molecule is N#CC1(Cl)C=CC(C[N+]2(c3ccccc3)C(=O)CN2Nc2cccc(C(F)(F)F)c2)=CC1. The van der Waals surface area contributed by atoms with Crippen molar-refractivity contribution in [3.8, 4) is 6.07 Å². The van der Waals surface area contributed by atoms with Crippen LogP contribution in [0.1, 0.15) is 12.0 Å². The van der Waals surface area contributed by atoms with Gasteiger partial charge in [-0.05, 0) is 29.4 Å². The van der Waals surface area contributed by atoms with Crippen LogP contribution in [0.25, 0.3) is 0 Å². The third-order valence-corrected chi connectivity index (χ3v) is 5.93. The highest BCUT2D eigenvalue weighted by Crippen LogP contribution is 2.37. The van der Waals surface area contributed by atoms with Gasteiger partial charge in [0.15, 0.2) is 17.1 Å². The number of alkyl halides is 4. The molecule has 0 spiro atoms. The molecule has 1 saturated heterocycles. The second-order valence-corrected chi connectivity index (χ2v) is 8.37. The molecule has 2 aromatic carbocycles. The summed E-state index contributed by atoms with van der Waals surface area (Å²) < 4.78 is 39.2. The number of carbonyl (C=O) groups excluding carboxylic acids is 1. The summed E-state index contributed by atoms with van der Waals surface area (Å²) >= 11 is 6.20. The Kier molecular flexibility index (Phi) is 5.59. The number of para-hydroxylation sites is 1. The molecule has 5 nitrogen and oxygen atoms in total. The molecule has 9 heteroatoms. The molecule has 4 rings (SSSR count). The average Bonchev–Trinajstić information content (AvgIpc) is 2.78. The molecular weight excluding hydrogens is 441 g/mol. The van der Waals surface area contributed by atoms with Gasteiger partial charge in [-0.15, -0.1) is 4.59 Å². The largest absolute Gasteiger partial charge is 0.416 e. The van der Waals surface area contributed by atoms with Gasteiger partial charge >= 0.3 is 12.1 Å². The third kappa shape index (κ3) is 4.02. The minimum atomic E-state index is -4.47. The van der Waals surface area contributed by atoms with Crippen molar-refractivity contribution in [3.63, 3.8) is 0 Å². The molecular formula is C23H19ClF3N4O+. The molecule has 0 aromatic heterocycles. The number of hydrogen-bond donors (Lipinski definition) is 1. The zero-order chi connectivity index (χ0) is 23.0. The number of halogens is 4. The topological polar surface area (TPSA) is 56.1 Å². The Hall–Kier alpha value is -3.12. The van der Waals surface area contributed by atoms with Gasteiger partial charge in [0.2, 0.25) is 0 Å². The number of nitrogens with one attached hydrogen (secondary N) is 1. The number of benzene rings is 2. The van der Waals surface area contributed by atoms with Crippen molar-refractivity contribution in [2.45, 2.75) is 17.5 Å². The summed E-state index contributed by atoms with van der Waals surface area (Å²) in [7, 11) is 0. The van der Waals surface area contributed by atoms with Gasteiger partial charge in [-0.2, -0.15) is 18.4 Å². The van der Waals surface area contributed by atoms with Gasteiger partial charge in [0.25, 0.3) is 0 Å². The van der Waals surface area contributed by atoms with Gasteiger partial charge in [0, 0.05) is 24.1 Å². The molecule has 1 heterocycles. The van der Waals surface area contributed by atoms with Gasteiger partial charge in [0.05, 0.1) is 17.3 Å². The number of amides is 1. The summed E-state index contributed by atoms with van der Waals surface area (Å²) in [5, 5.41) is 10.8. The average molecular weight is 460 g/mol. The van der Waals surface area contributed by atoms with E-state index in [0.717, 1.165) is 17.7 Å². The number of carbonyl (C=O) groups is 1. The summed E-state index contributed by atoms with van der Waals surface area (Å²) in [6.07, 6.45) is 0.950. The maximum atomic E-state index is 13.1. The lowest BCUT2D eigenvalue weighted by Gasteiger charge is -2.49. The maximum Gasteiger partial charge on any atom is 0.416 e. The van der Waals surface area contributed by atoms with Crippen molar-refractivity contribution < 1.29 is 18.0 Å². The molecule has 2 aliphatic rings. The predicted octanol–water partition coefficient (Wildman–Crippen LogP) is 5.18. The molecule has 1 aliphatic carbocycles. The fourth-order valence-corrected chi connectivity index (χ4v) is 3.94. The zero-order valence-electron chi connectivity index (χ0n) is 16.8. The molecule has 1 N–H and O–H groups in total. The fraction of sp³-hybridized carbons (Fsp3) is 0.217. The quantitative estimate of drug-likeness (QED) is 0.494. The minimum absolute atomic E-state index is 0.0137. The van der Waals surface area contributed by atoms with Crippen LogP contribution in [0.3, 0.4) is 0 Å². The van der Waals surface area contributed by atoms with Gasteiger partial charge in [0.1, 0.15) is 6.54 Å². The van der Waals surface area contributed by atoms with Crippen LogP contribution in [0.2, 0.25) is 0 Å². The normalized spacial score (nSPS) is 25.6. The molecule has 2 unspecified atom stereocenters. The Balaban J connectivity index is 1.67. The molecule has 1 amide bonds. The molecule has 0 radical (unpaired) electrons. The van der Waals surface area contributed by atoms with Crippen LogP contribution in [0, 0.1) is 11.3 Å². The van der Waals surface area contributed by atoms with E-state index in [4.69, 9.17) is 11.6 Å². The first kappa shape index (κ1) is 22.1. The number of hydrogen-bond acceptors (Lipinski definition) is 4. The molecule has 1 aliphatic heterocycles. The number of quaternary nitrogens is 1. The van der Waals surface area contributed by atoms with Crippen LogP contribution in [0.4, 0.5) is 24.5 Å². The second-order valence-electron chi connectivity index (χ2n) is 7.70. The van der Waals surface area contributed by atoms with Crippen LogP contribution >= 0.6 is 11.6 Å². The predicted molar refractivity (Wildman–Crippen MR) is 116 cm³/mol. The van der Waals surface area contributed by atoms with Crippen LogP contribution in [0.15, 0.2) is 78.4 Å². The lowest BCUT2D eigenvalue weighted by Crippen LogP contribution is -2.79. The lowest BCUT2D eigenvalue weighted by molar-refractivity contribution is -0.167. The Morgan fingerprint density at radius 1 is 1.19 bits per heavy atom. The molecule has 32 heavy (non-hydrogen) atoms. The van der Waals surface area contributed by atoms with E-state index in [1.165, 1.54) is 12.1 Å². The molecule has 0 bridgehead atoms. The van der Waals surface area contributed by atoms with Crippen molar-refractivity contribution in [2.24, 2.45) is 0 Å². The van der Waals surface area contributed by atoms with Crippen molar-refractivity contribution in [1.29, 1.82) is 5.26 Å². The van der Waals surface area contributed by atoms with Crippen molar-refractivity contribution in [2.75, 3.05) is 18.5 Å². The number of nitrogens with zero attached hydrogens (tertiary/aromatic N) is 3. The van der Waals surface area contributed by atoms with E-state index in [-0.39, 0.29) is 29.3 Å². The summed E-state index contributed by atoms with van der Waals surface area (Å²) in [6, 6.07) is 15.9. The first-order chi connectivity index (χ1) is 15.2. The van der Waals surface area contributed by atoms with E-state index >= 15 is 0 Å². The number of hydrazine groups is 1. The van der Waals surface area contributed by atoms with E-state index in [9.17, 15) is 23.2 Å². The Bertz CT molecular complexity index is 1140. The Morgan fingerprint density at radius 2 is 1.94 bits per heavy atom. The van der Waals surface area contributed by atoms with Crippen molar-refractivity contribution >= 4 is 28.9 Å². The first-order valence-electron chi connectivity index (χ1n) is 9.84. The third-order valence-electron chi connectivity index (χ3n) is 5.56. The lowest BCUT2D eigenvalue weighted by atomic mass is 9.96. The van der Waals surface area contributed by atoms with E-state index < -0.39 is 16.6 Å². The van der Waals surface area contributed by atoms with Crippen LogP contribution in [-0.2, 0) is 11.0 Å². The monoisotopic (exact) mass is 459 g/mol. The second kappa shape index (κ2) is 8.10. The number of allylic oxidation sites excluding steroid dienone is 2. The summed E-state index contributed by atoms with van der Waals surface area (Å²) in [5.41, 5.74) is 3.89. The first-order valence-corrected chi connectivity index (χ1v) is 10.2. The standard InChI is InChI=1S/C23H19ClF3N4O/c24-22(16-28)11-9-17(10-12-22)15-31(20-7-2-1-3-8-20)21(32)14-30(31)29-19-6-4-5-18(13-19)23(25,26)27/h1-11,13,29H,12,14-15H2/q+1. The summed E-state index contributed by atoms with van der Waals surface area (Å²) in [6.45, 7) is 0.240. The van der Waals surface area contributed by atoms with E-state index in [2.05, 4.69) is 5.43 Å². The molecule has 1 fully saturated rings.